The van der Waals surface area contributed by atoms with E-state index in [0.29, 0.717) is 10.2 Å². The second-order valence-electron chi connectivity index (χ2n) is 2.23. The van der Waals surface area contributed by atoms with Gasteiger partial charge < -0.3 is 0 Å². The lowest BCUT2D eigenvalue weighted by Gasteiger charge is -1.98. The first-order chi connectivity index (χ1) is 7.30. The summed E-state index contributed by atoms with van der Waals surface area (Å²) >= 11 is 3.14. The largest absolute Gasteiger partial charge is 0.249 e. The molecule has 0 bridgehead atoms. The number of hydrogen-bond acceptors (Lipinski definition) is 2. The van der Waals surface area contributed by atoms with Gasteiger partial charge in [0.05, 0.1) is 5.71 Å². The van der Waals surface area contributed by atoms with Crippen LogP contribution in [0, 0.1) is 0 Å². The number of nitrogens with zero attached hydrogens (tertiary/aromatic N) is 2. The molecule has 0 radical (unpaired) electrons. The molecule has 70 valence electrons. The Kier molecular flexibility index (Phi) is 2.43. The Morgan fingerprint density at radius 3 is 3.15 bits per heavy atom. The van der Waals surface area contributed by atoms with E-state index in [1.54, 1.807) is 0 Å². The van der Waals surface area contributed by atoms with Crippen LogP contribution in [0.25, 0.3) is 0 Å². The average Bonchev–Trinajstić information content (AvgIpc) is 2.12. The molecule has 13 heavy (non-hydrogen) atoms. The van der Waals surface area contributed by atoms with E-state index < -0.39 is 17.8 Å². The number of halogens is 1. The normalized spacial score (nSPS) is 18.6. The lowest BCUT2D eigenvalue weighted by atomic mass is 10.2. The number of rotatable bonds is 2. The Bertz CT molecular complexity index is 447. The monoisotopic (exact) mass is 263 g/mol. The Balaban J connectivity index is 3.28. The molecule has 0 amide bonds. The maximum atomic E-state index is 11.0. The van der Waals surface area contributed by atoms with Gasteiger partial charge in [0.25, 0.3) is 0 Å². The smallest absolute Gasteiger partial charge is 0.136 e. The molecule has 0 fully saturated rings. The zero-order chi connectivity index (χ0) is 12.3. The molecule has 0 aliphatic heterocycles. The van der Waals surface area contributed by atoms with Crippen molar-refractivity contribution in [2.45, 2.75) is 6.85 Å². The fourth-order valence-electron chi connectivity index (χ4n) is 0.731. The molecule has 5 heteroatoms. The van der Waals surface area contributed by atoms with E-state index in [-0.39, 0.29) is 5.71 Å². The van der Waals surface area contributed by atoms with Gasteiger partial charge >= 0.3 is 0 Å². The first-order valence-electron chi connectivity index (χ1n) is 4.85. The lowest BCUT2D eigenvalue weighted by Crippen LogP contribution is -1.97. The highest BCUT2D eigenvalue weighted by Gasteiger charge is 1.98. The highest BCUT2D eigenvalue weighted by molar-refractivity contribution is 9.10. The predicted octanol–water partition coefficient (Wildman–Crippen LogP) is 1.95. The van der Waals surface area contributed by atoms with Crippen LogP contribution >= 0.6 is 15.9 Å². The van der Waals surface area contributed by atoms with Gasteiger partial charge in [-0.2, -0.15) is 4.40 Å². The van der Waals surface area contributed by atoms with Gasteiger partial charge in [0, 0.05) is 22.1 Å². The van der Waals surface area contributed by atoms with E-state index in [2.05, 4.69) is 25.3 Å². The van der Waals surface area contributed by atoms with Crippen LogP contribution in [0.15, 0.2) is 27.3 Å². The van der Waals surface area contributed by atoms with Gasteiger partial charge in [-0.25, -0.2) is 9.19 Å². The summed E-state index contributed by atoms with van der Waals surface area (Å²) in [5.41, 5.74) is 0.216. The summed E-state index contributed by atoms with van der Waals surface area (Å²) < 4.78 is 37.1. The predicted molar refractivity (Wildman–Crippen MR) is 58.2 cm³/mol. The summed E-state index contributed by atoms with van der Waals surface area (Å²) in [5, 5.41) is 0. The Hall–Kier alpha value is -0.550. The molecule has 3 nitrogen and oxygen atoms in total. The zero-order valence-corrected chi connectivity index (χ0v) is 9.22. The molecule has 0 saturated heterocycles. The van der Waals surface area contributed by atoms with Crippen LogP contribution in [0.3, 0.4) is 0 Å². The molecular formula is C8H9BrN2OS. The summed E-state index contributed by atoms with van der Waals surface area (Å²) in [5.74, 6) is 0. The van der Waals surface area contributed by atoms with Crippen molar-refractivity contribution in [1.82, 2.24) is 4.98 Å². The van der Waals surface area contributed by atoms with E-state index in [1.165, 1.54) is 24.6 Å². The molecule has 1 heterocycles. The van der Waals surface area contributed by atoms with Gasteiger partial charge in [-0.05, 0) is 34.9 Å². The van der Waals surface area contributed by atoms with Crippen molar-refractivity contribution in [3.8, 4) is 0 Å². The molecule has 0 spiro atoms. The Labute approximate surface area is 92.2 Å². The van der Waals surface area contributed by atoms with Crippen LogP contribution in [0.4, 0.5) is 0 Å². The summed E-state index contributed by atoms with van der Waals surface area (Å²) in [6, 6.07) is 3.04. The highest BCUT2D eigenvalue weighted by Crippen LogP contribution is 2.09. The second-order valence-corrected chi connectivity index (χ2v) is 4.07. The van der Waals surface area contributed by atoms with Gasteiger partial charge in [0.15, 0.2) is 0 Å². The molecule has 0 aliphatic carbocycles. The van der Waals surface area contributed by atoms with Gasteiger partial charge in [-0.1, -0.05) is 0 Å². The van der Waals surface area contributed by atoms with Crippen molar-refractivity contribution >= 4 is 32.6 Å². The topological polar surface area (TPSA) is 42.3 Å². The van der Waals surface area contributed by atoms with E-state index in [9.17, 15) is 4.21 Å². The molecule has 0 unspecified atom stereocenters. The van der Waals surface area contributed by atoms with Gasteiger partial charge in [-0.15, -0.1) is 0 Å². The van der Waals surface area contributed by atoms with Crippen molar-refractivity contribution in [2.75, 3.05) is 6.26 Å². The van der Waals surface area contributed by atoms with Crippen molar-refractivity contribution in [3.63, 3.8) is 0 Å². The van der Waals surface area contributed by atoms with Crippen molar-refractivity contribution < 1.29 is 8.32 Å². The molecular weight excluding hydrogens is 252 g/mol. The molecule has 1 aromatic heterocycles. The molecule has 0 N–H and O–H groups in total. The quantitative estimate of drug-likeness (QED) is 0.605. The van der Waals surface area contributed by atoms with Crippen molar-refractivity contribution in [3.05, 3.63) is 28.5 Å². The van der Waals surface area contributed by atoms with Crippen LogP contribution in [-0.2, 0) is 11.0 Å². The third-order valence-electron chi connectivity index (χ3n) is 1.22. The molecule has 1 atom stereocenters. The van der Waals surface area contributed by atoms with Crippen molar-refractivity contribution in [1.29, 1.82) is 0 Å². The minimum absolute atomic E-state index is 0.170. The minimum atomic E-state index is -2.40. The highest BCUT2D eigenvalue weighted by atomic mass is 79.9. The maximum absolute atomic E-state index is 11.0. The van der Waals surface area contributed by atoms with Gasteiger partial charge in [-0.3, -0.25) is 0 Å². The van der Waals surface area contributed by atoms with E-state index in [1.807, 2.05) is 0 Å². The lowest BCUT2D eigenvalue weighted by molar-refractivity contribution is 0.688. The molecule has 1 rings (SSSR count). The number of hydrogen-bond donors (Lipinski definition) is 0. The molecule has 0 aliphatic rings. The molecule has 0 aromatic carbocycles. The minimum Gasteiger partial charge on any atom is -0.249 e. The van der Waals surface area contributed by atoms with Crippen LogP contribution in [0.5, 0.6) is 0 Å². The Morgan fingerprint density at radius 1 is 1.85 bits per heavy atom. The van der Waals surface area contributed by atoms with E-state index in [4.69, 9.17) is 4.11 Å². The SMILES string of the molecule is [2H]C([2H])([2H])/C(=N\[S@@](C)=O)c1ccnc(Br)c1. The summed E-state index contributed by atoms with van der Waals surface area (Å²) in [7, 11) is -1.56. The third-order valence-corrected chi connectivity index (χ3v) is 2.09. The average molecular weight is 264 g/mol. The van der Waals surface area contributed by atoms with E-state index in [0.717, 1.165) is 0 Å². The Morgan fingerprint density at radius 2 is 2.62 bits per heavy atom. The fourth-order valence-corrected chi connectivity index (χ4v) is 1.46. The van der Waals surface area contributed by atoms with Crippen LogP contribution in [0.1, 0.15) is 16.5 Å². The van der Waals surface area contributed by atoms with Crippen LogP contribution in [-0.4, -0.2) is 21.2 Å². The molecule has 1 aromatic rings. The van der Waals surface area contributed by atoms with Gasteiger partial charge in [0.2, 0.25) is 0 Å². The summed E-state index contributed by atoms with van der Waals surface area (Å²) in [6.45, 7) is -2.40. The van der Waals surface area contributed by atoms with Crippen LogP contribution < -0.4 is 0 Å². The third kappa shape index (κ3) is 3.36. The fraction of sp³-hybridized carbons (Fsp3) is 0.250. The first-order valence-corrected chi connectivity index (χ1v) is 5.66. The maximum Gasteiger partial charge on any atom is 0.136 e. The second kappa shape index (κ2) is 4.62. The molecule has 0 saturated carbocycles. The van der Waals surface area contributed by atoms with E-state index >= 15 is 0 Å². The van der Waals surface area contributed by atoms with Gasteiger partial charge in [0.1, 0.15) is 15.6 Å². The first kappa shape index (κ1) is 6.84. The summed E-state index contributed by atoms with van der Waals surface area (Å²) in [4.78, 5) is 3.89. The van der Waals surface area contributed by atoms with Crippen molar-refractivity contribution in [2.24, 2.45) is 4.40 Å². The standard InChI is InChI=1S/C8H9BrN2OS/c1-6(11-13(2)12)7-3-4-10-8(9)5-7/h3-5H,1-2H3/b11-6+/t13-/m1/s1/i1D3. The van der Waals surface area contributed by atoms with Crippen LogP contribution in [0.2, 0.25) is 0 Å². The zero-order valence-electron chi connectivity index (χ0n) is 9.82. The number of aromatic nitrogens is 1. The number of pyridine rings is 1. The summed E-state index contributed by atoms with van der Waals surface area (Å²) in [6.07, 6.45) is 2.78.